The smallest absolute Gasteiger partial charge is 0.333 e. The standard InChI is InChI=1S/C21H30N2O6/c1-13(2)12-16(18(24)20(26)23-28)19(25)22-17(14-8-4-3-5-9-14)21(27)29-15-10-6-7-11-15/h3-5,8-9,13,15-18,24,28H,6-7,10-12H2,1-2H3,(H,22,25)(H,23,26)/t16-,17-,18-/m0/s1. The van der Waals surface area contributed by atoms with Crippen molar-refractivity contribution in [3.05, 3.63) is 35.9 Å². The summed E-state index contributed by atoms with van der Waals surface area (Å²) < 4.78 is 5.58. The van der Waals surface area contributed by atoms with Crippen molar-refractivity contribution in [3.63, 3.8) is 0 Å². The van der Waals surface area contributed by atoms with Crippen molar-refractivity contribution in [1.82, 2.24) is 10.8 Å². The number of hydrogen-bond acceptors (Lipinski definition) is 6. The summed E-state index contributed by atoms with van der Waals surface area (Å²) in [5.41, 5.74) is 1.92. The zero-order chi connectivity index (χ0) is 21.4. The summed E-state index contributed by atoms with van der Waals surface area (Å²) in [6.45, 7) is 3.68. The molecule has 3 atom stereocenters. The van der Waals surface area contributed by atoms with E-state index in [0.29, 0.717) is 5.56 Å². The van der Waals surface area contributed by atoms with Crippen molar-refractivity contribution >= 4 is 17.8 Å². The molecule has 0 heterocycles. The van der Waals surface area contributed by atoms with E-state index in [9.17, 15) is 19.5 Å². The van der Waals surface area contributed by atoms with E-state index in [1.165, 1.54) is 5.48 Å². The lowest BCUT2D eigenvalue weighted by Crippen LogP contribution is -2.47. The SMILES string of the molecule is CC(C)C[C@H](C(=O)N[C@H](C(=O)OC1CCCC1)c1ccccc1)[C@H](O)C(=O)NO. The summed E-state index contributed by atoms with van der Waals surface area (Å²) in [5.74, 6) is -3.44. The predicted octanol–water partition coefficient (Wildman–Crippen LogP) is 1.86. The van der Waals surface area contributed by atoms with Gasteiger partial charge in [0, 0.05) is 0 Å². The van der Waals surface area contributed by atoms with Crippen molar-refractivity contribution in [2.75, 3.05) is 0 Å². The third-order valence-electron chi connectivity index (χ3n) is 5.06. The van der Waals surface area contributed by atoms with Gasteiger partial charge in [0.15, 0.2) is 6.04 Å². The molecule has 160 valence electrons. The minimum atomic E-state index is -1.75. The number of nitrogens with one attached hydrogen (secondary N) is 2. The Balaban J connectivity index is 2.21. The van der Waals surface area contributed by atoms with Gasteiger partial charge in [-0.1, -0.05) is 44.2 Å². The minimum absolute atomic E-state index is 0.00694. The Morgan fingerprint density at radius 3 is 2.28 bits per heavy atom. The summed E-state index contributed by atoms with van der Waals surface area (Å²) in [7, 11) is 0. The van der Waals surface area contributed by atoms with Gasteiger partial charge in [-0.2, -0.15) is 0 Å². The number of esters is 1. The van der Waals surface area contributed by atoms with Gasteiger partial charge < -0.3 is 15.2 Å². The van der Waals surface area contributed by atoms with Crippen LogP contribution in [0.15, 0.2) is 30.3 Å². The molecule has 0 saturated heterocycles. The molecule has 1 aliphatic rings. The lowest BCUT2D eigenvalue weighted by atomic mass is 9.90. The van der Waals surface area contributed by atoms with E-state index in [0.717, 1.165) is 25.7 Å². The summed E-state index contributed by atoms with van der Waals surface area (Å²) in [5, 5.41) is 21.6. The van der Waals surface area contributed by atoms with E-state index < -0.39 is 35.8 Å². The van der Waals surface area contributed by atoms with Crippen LogP contribution in [0.3, 0.4) is 0 Å². The molecule has 1 fully saturated rings. The average molecular weight is 406 g/mol. The van der Waals surface area contributed by atoms with E-state index in [4.69, 9.17) is 9.94 Å². The number of aliphatic hydroxyl groups excluding tert-OH is 1. The number of carbonyl (C=O) groups is 3. The average Bonchev–Trinajstić information content (AvgIpc) is 3.22. The molecule has 1 aliphatic carbocycles. The number of hydrogen-bond donors (Lipinski definition) is 4. The molecule has 0 aromatic heterocycles. The number of amides is 2. The maximum Gasteiger partial charge on any atom is 0.333 e. The Labute approximate surface area is 170 Å². The van der Waals surface area contributed by atoms with Crippen molar-refractivity contribution in [2.45, 2.75) is 64.2 Å². The van der Waals surface area contributed by atoms with Crippen molar-refractivity contribution in [2.24, 2.45) is 11.8 Å². The number of aliphatic hydroxyl groups is 1. The Hall–Kier alpha value is -2.45. The third-order valence-corrected chi connectivity index (χ3v) is 5.06. The molecule has 0 spiro atoms. The second kappa shape index (κ2) is 10.9. The molecule has 8 nitrogen and oxygen atoms in total. The first-order valence-corrected chi connectivity index (χ1v) is 10.0. The number of carbonyl (C=O) groups excluding carboxylic acids is 3. The molecule has 0 radical (unpaired) electrons. The number of ether oxygens (including phenoxy) is 1. The van der Waals surface area contributed by atoms with E-state index in [-0.39, 0.29) is 18.4 Å². The highest BCUT2D eigenvalue weighted by atomic mass is 16.5. The van der Waals surface area contributed by atoms with E-state index >= 15 is 0 Å². The Bertz CT molecular complexity index is 688. The number of rotatable bonds is 9. The molecule has 0 bridgehead atoms. The Kier molecular flexibility index (Phi) is 8.60. The van der Waals surface area contributed by atoms with Crippen LogP contribution in [-0.2, 0) is 19.1 Å². The molecule has 8 heteroatoms. The van der Waals surface area contributed by atoms with Crippen molar-refractivity contribution in [1.29, 1.82) is 0 Å². The summed E-state index contributed by atoms with van der Waals surface area (Å²) in [6, 6.07) is 7.64. The zero-order valence-corrected chi connectivity index (χ0v) is 16.8. The summed E-state index contributed by atoms with van der Waals surface area (Å²) >= 11 is 0. The molecule has 4 N–H and O–H groups in total. The fraction of sp³-hybridized carbons (Fsp3) is 0.571. The first kappa shape index (κ1) is 22.8. The minimum Gasteiger partial charge on any atom is -0.461 e. The number of hydroxylamine groups is 1. The molecular formula is C21H30N2O6. The van der Waals surface area contributed by atoms with Crippen LogP contribution < -0.4 is 10.8 Å². The van der Waals surface area contributed by atoms with Crippen LogP contribution in [-0.4, -0.2) is 40.3 Å². The molecular weight excluding hydrogens is 376 g/mol. The van der Waals surface area contributed by atoms with E-state index in [2.05, 4.69) is 5.32 Å². The molecule has 0 unspecified atom stereocenters. The van der Waals surface area contributed by atoms with Gasteiger partial charge in [-0.15, -0.1) is 0 Å². The third kappa shape index (κ3) is 6.54. The second-order valence-electron chi connectivity index (χ2n) is 7.85. The summed E-state index contributed by atoms with van der Waals surface area (Å²) in [4.78, 5) is 37.4. The highest BCUT2D eigenvalue weighted by Gasteiger charge is 2.36. The van der Waals surface area contributed by atoms with Gasteiger partial charge in [0.05, 0.1) is 5.92 Å². The largest absolute Gasteiger partial charge is 0.461 e. The van der Waals surface area contributed by atoms with Gasteiger partial charge in [-0.25, -0.2) is 10.3 Å². The van der Waals surface area contributed by atoms with Gasteiger partial charge in [-0.3, -0.25) is 14.8 Å². The van der Waals surface area contributed by atoms with E-state index in [1.807, 2.05) is 13.8 Å². The fourth-order valence-corrected chi connectivity index (χ4v) is 3.55. The molecule has 1 aromatic rings. The molecule has 1 aromatic carbocycles. The van der Waals surface area contributed by atoms with Crippen LogP contribution in [0.2, 0.25) is 0 Å². The van der Waals surface area contributed by atoms with Gasteiger partial charge in [0.25, 0.3) is 5.91 Å². The lowest BCUT2D eigenvalue weighted by molar-refractivity contribution is -0.154. The normalized spacial score (nSPS) is 17.4. The first-order chi connectivity index (χ1) is 13.8. The quantitative estimate of drug-likeness (QED) is 0.282. The van der Waals surface area contributed by atoms with Gasteiger partial charge in [0.1, 0.15) is 12.2 Å². The van der Waals surface area contributed by atoms with E-state index in [1.54, 1.807) is 30.3 Å². The predicted molar refractivity (Wildman–Crippen MR) is 105 cm³/mol. The Morgan fingerprint density at radius 1 is 1.10 bits per heavy atom. The summed E-state index contributed by atoms with van der Waals surface area (Å²) in [6.07, 6.45) is 1.88. The highest BCUT2D eigenvalue weighted by molar-refractivity contribution is 5.91. The van der Waals surface area contributed by atoms with Crippen molar-refractivity contribution < 1.29 is 29.4 Å². The molecule has 29 heavy (non-hydrogen) atoms. The fourth-order valence-electron chi connectivity index (χ4n) is 3.55. The lowest BCUT2D eigenvalue weighted by Gasteiger charge is -2.26. The molecule has 1 saturated carbocycles. The van der Waals surface area contributed by atoms with Gasteiger partial charge in [-0.05, 0) is 43.6 Å². The van der Waals surface area contributed by atoms with Crippen LogP contribution in [0.4, 0.5) is 0 Å². The monoisotopic (exact) mass is 406 g/mol. The topological polar surface area (TPSA) is 125 Å². The van der Waals surface area contributed by atoms with Crippen LogP contribution in [0.25, 0.3) is 0 Å². The maximum atomic E-state index is 12.9. The molecule has 0 aliphatic heterocycles. The Morgan fingerprint density at radius 2 is 1.72 bits per heavy atom. The van der Waals surface area contributed by atoms with Crippen LogP contribution in [0.5, 0.6) is 0 Å². The maximum absolute atomic E-state index is 12.9. The zero-order valence-electron chi connectivity index (χ0n) is 16.8. The first-order valence-electron chi connectivity index (χ1n) is 10.0. The van der Waals surface area contributed by atoms with Gasteiger partial charge >= 0.3 is 5.97 Å². The highest BCUT2D eigenvalue weighted by Crippen LogP contribution is 2.25. The molecule has 2 amide bonds. The van der Waals surface area contributed by atoms with Crippen LogP contribution in [0, 0.1) is 11.8 Å². The second-order valence-corrected chi connectivity index (χ2v) is 7.85. The van der Waals surface area contributed by atoms with Gasteiger partial charge in [0.2, 0.25) is 5.91 Å². The van der Waals surface area contributed by atoms with Crippen molar-refractivity contribution in [3.8, 4) is 0 Å². The number of benzene rings is 1. The van der Waals surface area contributed by atoms with Crippen LogP contribution in [0.1, 0.15) is 57.6 Å². The molecule has 2 rings (SSSR count). The van der Waals surface area contributed by atoms with Crippen LogP contribution >= 0.6 is 0 Å².